The van der Waals surface area contributed by atoms with Gasteiger partial charge in [0.1, 0.15) is 0 Å². The molecule has 0 aliphatic carbocycles. The molecule has 0 saturated carbocycles. The minimum atomic E-state index is -1.75. The van der Waals surface area contributed by atoms with Crippen LogP contribution in [-0.4, -0.2) is 9.23 Å². The maximum Gasteiger partial charge on any atom is 0.546 e. The highest BCUT2D eigenvalue weighted by molar-refractivity contribution is 7.75. The van der Waals surface area contributed by atoms with Crippen LogP contribution in [0.25, 0.3) is 5.53 Å². The van der Waals surface area contributed by atoms with Crippen LogP contribution in [0.1, 0.15) is 0 Å². The fraction of sp³-hybridized carbons (Fsp3) is 0. The van der Waals surface area contributed by atoms with Gasteiger partial charge in [0.2, 0.25) is 0 Å². The van der Waals surface area contributed by atoms with Crippen molar-refractivity contribution in [3.63, 3.8) is 0 Å². The molecule has 0 amide bonds. The maximum absolute atomic E-state index is 9.57. The molecule has 0 aromatic rings. The van der Waals surface area contributed by atoms with Gasteiger partial charge in [-0.25, -0.2) is 0 Å². The van der Waals surface area contributed by atoms with E-state index in [2.05, 4.69) is 8.57 Å². The smallest absolute Gasteiger partial charge is 0.389 e. The van der Waals surface area contributed by atoms with Crippen molar-refractivity contribution in [3.8, 4) is 0 Å². The van der Waals surface area contributed by atoms with Gasteiger partial charge in [-0.1, -0.05) is 8.57 Å². The summed E-state index contributed by atoms with van der Waals surface area (Å²) in [6.45, 7) is 0. The second kappa shape index (κ2) is 0.904. The van der Waals surface area contributed by atoms with Crippen LogP contribution < -0.4 is 0 Å². The number of hydrogen-bond donors (Lipinski definition) is 0. The molecule has 0 aromatic heterocycles. The zero-order chi connectivity index (χ0) is 4.57. The third kappa shape index (κ3) is 0.342. The molecule has 0 N–H and O–H groups in total. The average Bonchev–Trinajstić information content (AvgIpc) is 1.33. The molecule has 1 aliphatic heterocycles. The molecule has 0 spiro atoms. The Kier molecular flexibility index (Phi) is 0.533. The Morgan fingerprint density at radius 2 is 2.17 bits per heavy atom. The summed E-state index contributed by atoms with van der Waals surface area (Å²) >= 11 is -1.75. The molecule has 0 atom stereocenters. The molecule has 1 rings (SSSR count). The first-order chi connectivity index (χ1) is 2.79. The summed E-state index contributed by atoms with van der Waals surface area (Å²) in [4.78, 5) is 0. The summed E-state index contributed by atoms with van der Waals surface area (Å²) in [6, 6.07) is 0. The van der Waals surface area contributed by atoms with Crippen molar-refractivity contribution in [3.05, 3.63) is 5.53 Å². The lowest BCUT2D eigenvalue weighted by molar-refractivity contribution is -0.965. The summed E-state index contributed by atoms with van der Waals surface area (Å²) in [6.07, 6.45) is 0. The molecule has 1 saturated heterocycles. The van der Waals surface area contributed by atoms with Gasteiger partial charge in [-0.3, -0.25) is 0 Å². The minimum Gasteiger partial charge on any atom is -0.389 e. The van der Waals surface area contributed by atoms with Gasteiger partial charge in [0.15, 0.2) is 5.02 Å². The molecule has 6 heteroatoms. The Morgan fingerprint density at radius 1 is 1.67 bits per heavy atom. The largest absolute Gasteiger partial charge is 0.546 e. The summed E-state index contributed by atoms with van der Waals surface area (Å²) in [5, 5.41) is 0.0239. The molecule has 0 bridgehead atoms. The van der Waals surface area contributed by atoms with Crippen molar-refractivity contribution < 1.29 is 17.8 Å². The Balaban J connectivity index is 2.47. The first-order valence-electron chi connectivity index (χ1n) is 1.07. The number of rotatable bonds is 0. The molecule has 5 nitrogen and oxygen atoms in total. The quantitative estimate of drug-likeness (QED) is 0.419. The van der Waals surface area contributed by atoms with E-state index in [0.717, 1.165) is 0 Å². The van der Waals surface area contributed by atoms with E-state index in [1.54, 1.807) is 0 Å². The standard InChI is InChI=1S/N2O3S/c1-2-4-6(3)5-2. The van der Waals surface area contributed by atoms with Crippen LogP contribution in [0, 0.1) is 0 Å². The van der Waals surface area contributed by atoms with E-state index in [-0.39, 0.29) is 5.02 Å². The fourth-order valence-corrected chi connectivity index (χ4v) is 0.329. The lowest BCUT2D eigenvalue weighted by atomic mass is 12.9. The Labute approximate surface area is 35.7 Å². The van der Waals surface area contributed by atoms with Crippen LogP contribution in [0.4, 0.5) is 0 Å². The van der Waals surface area contributed by atoms with Crippen LogP contribution >= 0.6 is 0 Å². The van der Waals surface area contributed by atoms with E-state index in [0.29, 0.717) is 0 Å². The van der Waals surface area contributed by atoms with E-state index in [1.165, 1.54) is 0 Å². The molecule has 0 unspecified atom stereocenters. The highest BCUT2D eigenvalue weighted by atomic mass is 32.2. The summed E-state index contributed by atoms with van der Waals surface area (Å²) in [5.41, 5.74) is 7.81. The van der Waals surface area contributed by atoms with Gasteiger partial charge in [-0.05, 0) is 0 Å². The SMILES string of the molecule is [N-]=[N+]1OS(=O)O1. The zero-order valence-electron chi connectivity index (χ0n) is 2.53. The fourth-order valence-electron chi connectivity index (χ4n) is 0.110. The van der Waals surface area contributed by atoms with Gasteiger partial charge in [0.25, 0.3) is 0 Å². The van der Waals surface area contributed by atoms with Gasteiger partial charge in [-0.15, -0.1) is 0 Å². The van der Waals surface area contributed by atoms with Crippen molar-refractivity contribution in [2.75, 3.05) is 0 Å². The lowest BCUT2D eigenvalue weighted by Crippen LogP contribution is -2.25. The predicted molar refractivity (Wildman–Crippen MR) is 13.9 cm³/mol. The van der Waals surface area contributed by atoms with Gasteiger partial charge in [-0.2, -0.15) is 4.21 Å². The summed E-state index contributed by atoms with van der Waals surface area (Å²) in [7, 11) is 0. The third-order valence-electron chi connectivity index (χ3n) is 0.249. The molecule has 1 heterocycles. The third-order valence-corrected chi connectivity index (χ3v) is 0.748. The first-order valence-corrected chi connectivity index (χ1v) is 2.07. The van der Waals surface area contributed by atoms with Crippen molar-refractivity contribution in [1.82, 2.24) is 0 Å². The highest BCUT2D eigenvalue weighted by Gasteiger charge is 2.28. The zero-order valence-corrected chi connectivity index (χ0v) is 3.34. The van der Waals surface area contributed by atoms with Crippen LogP contribution in [0.15, 0.2) is 0 Å². The van der Waals surface area contributed by atoms with E-state index in [9.17, 15) is 4.21 Å². The van der Waals surface area contributed by atoms with Gasteiger partial charge in [0, 0.05) is 0 Å². The topological polar surface area (TPSA) is 60.8 Å². The van der Waals surface area contributed by atoms with Crippen molar-refractivity contribution >= 4 is 11.4 Å². The molecule has 34 valence electrons. The average molecular weight is 108 g/mol. The summed E-state index contributed by atoms with van der Waals surface area (Å²) < 4.78 is 17.1. The Hall–Kier alpha value is -0.650. The molecular weight excluding hydrogens is 108 g/mol. The van der Waals surface area contributed by atoms with Gasteiger partial charge < -0.3 is 5.53 Å². The van der Waals surface area contributed by atoms with Crippen LogP contribution in [0.2, 0.25) is 0 Å². The van der Waals surface area contributed by atoms with Gasteiger partial charge >= 0.3 is 11.4 Å². The Morgan fingerprint density at radius 3 is 2.17 bits per heavy atom. The van der Waals surface area contributed by atoms with Crippen molar-refractivity contribution in [1.29, 1.82) is 0 Å². The normalized spacial score (nSPS) is 21.0. The molecular formula is N2O3S. The van der Waals surface area contributed by atoms with E-state index in [1.807, 2.05) is 0 Å². The van der Waals surface area contributed by atoms with Crippen molar-refractivity contribution in [2.24, 2.45) is 0 Å². The lowest BCUT2D eigenvalue weighted by Gasteiger charge is -2.02. The minimum absolute atomic E-state index is 0.0239. The van der Waals surface area contributed by atoms with E-state index < -0.39 is 11.4 Å². The monoisotopic (exact) mass is 108 g/mol. The molecule has 1 fully saturated rings. The molecule has 6 heavy (non-hydrogen) atoms. The predicted octanol–water partition coefficient (Wildman–Crippen LogP) is -0.524. The Bertz CT molecular complexity index is 85.4. The first kappa shape index (κ1) is 3.54. The second-order valence-corrected chi connectivity index (χ2v) is 1.30. The number of hydrogen-bond acceptors (Lipinski definition) is 3. The second-order valence-electron chi connectivity index (χ2n) is 0.591. The van der Waals surface area contributed by atoms with Gasteiger partial charge in [0.05, 0.1) is 0 Å². The van der Waals surface area contributed by atoms with Crippen molar-refractivity contribution in [2.45, 2.75) is 0 Å². The summed E-state index contributed by atoms with van der Waals surface area (Å²) in [5.74, 6) is 0. The maximum atomic E-state index is 9.57. The van der Waals surface area contributed by atoms with E-state index in [4.69, 9.17) is 5.53 Å². The highest BCUT2D eigenvalue weighted by Crippen LogP contribution is 2.01. The number of nitrogens with zero attached hydrogens (tertiary/aromatic N) is 2. The molecule has 0 radical (unpaired) electrons. The van der Waals surface area contributed by atoms with E-state index >= 15 is 0 Å². The molecule has 1 aliphatic rings. The molecule has 0 aromatic carbocycles. The van der Waals surface area contributed by atoms with Crippen LogP contribution in [0.3, 0.4) is 0 Å². The van der Waals surface area contributed by atoms with Crippen LogP contribution in [0.5, 0.6) is 0 Å². The van der Waals surface area contributed by atoms with Crippen LogP contribution in [-0.2, 0) is 19.9 Å².